The summed E-state index contributed by atoms with van der Waals surface area (Å²) < 4.78 is 0. The van der Waals surface area contributed by atoms with E-state index in [9.17, 15) is 4.79 Å². The van der Waals surface area contributed by atoms with Crippen LogP contribution in [0.25, 0.3) is 0 Å². The second kappa shape index (κ2) is 7.85. The fourth-order valence-electron chi connectivity index (χ4n) is 3.60. The second-order valence-corrected chi connectivity index (χ2v) is 6.95. The first kappa shape index (κ1) is 18.4. The zero-order valence-electron chi connectivity index (χ0n) is 16.2. The summed E-state index contributed by atoms with van der Waals surface area (Å²) in [6, 6.07) is 7.95. The van der Waals surface area contributed by atoms with Gasteiger partial charge in [-0.2, -0.15) is 0 Å². The molecule has 0 radical (unpaired) electrons. The molecule has 2 heterocycles. The minimum Gasteiger partial charge on any atom is -0.354 e. The number of rotatable bonds is 3. The number of carbonyl (C=O) groups is 1. The Labute approximate surface area is 156 Å². The molecule has 1 aromatic carbocycles. The van der Waals surface area contributed by atoms with Gasteiger partial charge in [0.1, 0.15) is 11.6 Å². The molecule has 0 atom stereocenters. The van der Waals surface area contributed by atoms with Crippen LogP contribution in [0.1, 0.15) is 46.3 Å². The zero-order valence-corrected chi connectivity index (χ0v) is 16.2. The summed E-state index contributed by atoms with van der Waals surface area (Å²) in [7, 11) is 0. The molecule has 1 aromatic heterocycles. The van der Waals surface area contributed by atoms with E-state index in [-0.39, 0.29) is 5.91 Å². The maximum absolute atomic E-state index is 13.0. The Balaban J connectivity index is 1.77. The molecule has 0 N–H and O–H groups in total. The van der Waals surface area contributed by atoms with Gasteiger partial charge < -0.3 is 9.80 Å². The lowest BCUT2D eigenvalue weighted by Crippen LogP contribution is -2.36. The molecular formula is C21H28N4O. The zero-order chi connectivity index (χ0) is 18.7. The van der Waals surface area contributed by atoms with Gasteiger partial charge in [0.05, 0.1) is 0 Å². The summed E-state index contributed by atoms with van der Waals surface area (Å²) in [6.07, 6.45) is 1.82. The largest absolute Gasteiger partial charge is 0.354 e. The maximum Gasteiger partial charge on any atom is 0.254 e. The fourth-order valence-corrected chi connectivity index (χ4v) is 3.60. The predicted octanol–water partition coefficient (Wildman–Crippen LogP) is 3.32. The molecule has 0 aliphatic carbocycles. The van der Waals surface area contributed by atoms with Crippen LogP contribution >= 0.6 is 0 Å². The van der Waals surface area contributed by atoms with Crippen molar-refractivity contribution in [3.8, 4) is 0 Å². The Morgan fingerprint density at radius 3 is 2.58 bits per heavy atom. The van der Waals surface area contributed by atoms with E-state index in [1.54, 1.807) is 0 Å². The van der Waals surface area contributed by atoms with Gasteiger partial charge in [0.2, 0.25) is 0 Å². The molecule has 1 amide bonds. The van der Waals surface area contributed by atoms with E-state index >= 15 is 0 Å². The van der Waals surface area contributed by atoms with Gasteiger partial charge in [-0.25, -0.2) is 9.97 Å². The minimum atomic E-state index is 0.149. The molecule has 5 nitrogen and oxygen atoms in total. The van der Waals surface area contributed by atoms with Crippen molar-refractivity contribution in [1.82, 2.24) is 14.9 Å². The number of amides is 1. The quantitative estimate of drug-likeness (QED) is 0.850. The van der Waals surface area contributed by atoms with Crippen LogP contribution in [0, 0.1) is 20.8 Å². The molecule has 138 valence electrons. The van der Waals surface area contributed by atoms with Gasteiger partial charge in [0, 0.05) is 43.0 Å². The summed E-state index contributed by atoms with van der Waals surface area (Å²) in [5.41, 5.74) is 4.12. The van der Waals surface area contributed by atoms with Crippen LogP contribution in [0.3, 0.4) is 0 Å². The highest BCUT2D eigenvalue weighted by molar-refractivity contribution is 5.95. The third-order valence-electron chi connectivity index (χ3n) is 5.19. The van der Waals surface area contributed by atoms with Crippen LogP contribution in [0.2, 0.25) is 0 Å². The lowest BCUT2D eigenvalue weighted by Gasteiger charge is -2.25. The van der Waals surface area contributed by atoms with Crippen LogP contribution < -0.4 is 4.90 Å². The molecule has 1 fully saturated rings. The number of anilines is 1. The normalized spacial score (nSPS) is 15.1. The smallest absolute Gasteiger partial charge is 0.254 e. The molecule has 1 saturated heterocycles. The fraction of sp³-hybridized carbons (Fsp3) is 0.476. The molecule has 0 bridgehead atoms. The van der Waals surface area contributed by atoms with E-state index in [0.29, 0.717) is 0 Å². The summed E-state index contributed by atoms with van der Waals surface area (Å²) in [4.78, 5) is 26.4. The van der Waals surface area contributed by atoms with Crippen molar-refractivity contribution in [2.45, 2.75) is 40.5 Å². The highest BCUT2D eigenvalue weighted by Crippen LogP contribution is 2.22. The van der Waals surface area contributed by atoms with Gasteiger partial charge in [0.15, 0.2) is 0 Å². The number of carbonyl (C=O) groups excluding carboxylic acids is 1. The van der Waals surface area contributed by atoms with Crippen molar-refractivity contribution >= 4 is 11.7 Å². The number of aryl methyl sites for hydroxylation is 3. The van der Waals surface area contributed by atoms with Crippen LogP contribution in [0.5, 0.6) is 0 Å². The number of benzene rings is 1. The standard InChI is InChI=1S/C21H28N4O/c1-5-18-9-6-7-10-19(18)21(26)25-12-8-11-24(13-14-25)20-15(2)16(3)22-17(4)23-20/h6-7,9-10H,5,8,11-14H2,1-4H3. The number of hydrogen-bond acceptors (Lipinski definition) is 4. The summed E-state index contributed by atoms with van der Waals surface area (Å²) in [5.74, 6) is 1.96. The molecule has 26 heavy (non-hydrogen) atoms. The van der Waals surface area contributed by atoms with E-state index in [1.807, 2.05) is 43.0 Å². The first-order valence-corrected chi connectivity index (χ1v) is 9.45. The van der Waals surface area contributed by atoms with Crippen molar-refractivity contribution < 1.29 is 4.79 Å². The van der Waals surface area contributed by atoms with Crippen molar-refractivity contribution in [2.24, 2.45) is 0 Å². The lowest BCUT2D eigenvalue weighted by molar-refractivity contribution is 0.0766. The van der Waals surface area contributed by atoms with Gasteiger partial charge in [-0.05, 0) is 45.2 Å². The Hall–Kier alpha value is -2.43. The monoisotopic (exact) mass is 352 g/mol. The third-order valence-corrected chi connectivity index (χ3v) is 5.19. The number of nitrogens with zero attached hydrogens (tertiary/aromatic N) is 4. The first-order valence-electron chi connectivity index (χ1n) is 9.45. The van der Waals surface area contributed by atoms with Crippen molar-refractivity contribution in [1.29, 1.82) is 0 Å². The summed E-state index contributed by atoms with van der Waals surface area (Å²) in [5, 5.41) is 0. The highest BCUT2D eigenvalue weighted by Gasteiger charge is 2.23. The predicted molar refractivity (Wildman–Crippen MR) is 105 cm³/mol. The van der Waals surface area contributed by atoms with Crippen molar-refractivity contribution in [3.05, 3.63) is 52.5 Å². The SMILES string of the molecule is CCc1ccccc1C(=O)N1CCCN(c2nc(C)nc(C)c2C)CC1. The van der Waals surface area contributed by atoms with E-state index in [4.69, 9.17) is 0 Å². The first-order chi connectivity index (χ1) is 12.5. The number of aromatic nitrogens is 2. The van der Waals surface area contributed by atoms with E-state index < -0.39 is 0 Å². The van der Waals surface area contributed by atoms with Crippen molar-refractivity contribution in [2.75, 3.05) is 31.1 Å². The van der Waals surface area contributed by atoms with Gasteiger partial charge in [0.25, 0.3) is 5.91 Å². The Morgan fingerprint density at radius 2 is 1.81 bits per heavy atom. The molecule has 1 aliphatic heterocycles. The Kier molecular flexibility index (Phi) is 5.55. The summed E-state index contributed by atoms with van der Waals surface area (Å²) in [6.45, 7) is 11.4. The topological polar surface area (TPSA) is 49.3 Å². The molecule has 0 saturated carbocycles. The highest BCUT2D eigenvalue weighted by atomic mass is 16.2. The molecule has 0 spiro atoms. The van der Waals surface area contributed by atoms with E-state index in [0.717, 1.165) is 73.0 Å². The Bertz CT molecular complexity index is 803. The average molecular weight is 352 g/mol. The Morgan fingerprint density at radius 1 is 1.04 bits per heavy atom. The molecule has 3 rings (SSSR count). The van der Waals surface area contributed by atoms with E-state index in [2.05, 4.69) is 28.7 Å². The third kappa shape index (κ3) is 3.71. The lowest BCUT2D eigenvalue weighted by atomic mass is 10.0. The van der Waals surface area contributed by atoms with Crippen LogP contribution in [0.15, 0.2) is 24.3 Å². The van der Waals surface area contributed by atoms with Gasteiger partial charge in [-0.15, -0.1) is 0 Å². The van der Waals surface area contributed by atoms with Gasteiger partial charge >= 0.3 is 0 Å². The minimum absolute atomic E-state index is 0.149. The molecule has 0 unspecified atom stereocenters. The van der Waals surface area contributed by atoms with E-state index in [1.165, 1.54) is 0 Å². The average Bonchev–Trinajstić information content (AvgIpc) is 2.90. The van der Waals surface area contributed by atoms with Gasteiger partial charge in [-0.1, -0.05) is 25.1 Å². The molecule has 5 heteroatoms. The molecule has 2 aromatic rings. The second-order valence-electron chi connectivity index (χ2n) is 6.95. The number of hydrogen-bond donors (Lipinski definition) is 0. The maximum atomic E-state index is 13.0. The van der Waals surface area contributed by atoms with Crippen LogP contribution in [0.4, 0.5) is 5.82 Å². The van der Waals surface area contributed by atoms with Gasteiger partial charge in [-0.3, -0.25) is 4.79 Å². The van der Waals surface area contributed by atoms with Crippen molar-refractivity contribution in [3.63, 3.8) is 0 Å². The summed E-state index contributed by atoms with van der Waals surface area (Å²) >= 11 is 0. The van der Waals surface area contributed by atoms with Crippen LogP contribution in [-0.2, 0) is 6.42 Å². The molecule has 1 aliphatic rings. The van der Waals surface area contributed by atoms with Crippen LogP contribution in [-0.4, -0.2) is 47.0 Å². The molecular weight excluding hydrogens is 324 g/mol.